The molecular formula is C46H26OS. The Bertz CT molecular complexity index is 3060. The van der Waals surface area contributed by atoms with Gasteiger partial charge in [-0.25, -0.2) is 0 Å². The quantitative estimate of drug-likeness (QED) is 0.137. The van der Waals surface area contributed by atoms with E-state index in [-0.39, 0.29) is 0 Å². The summed E-state index contributed by atoms with van der Waals surface area (Å²) < 4.78 is 9.49. The van der Waals surface area contributed by atoms with Crippen molar-refractivity contribution < 1.29 is 4.42 Å². The lowest BCUT2D eigenvalue weighted by atomic mass is 9.85. The molecule has 0 bridgehead atoms. The highest BCUT2D eigenvalue weighted by Gasteiger charge is 2.21. The van der Waals surface area contributed by atoms with Gasteiger partial charge >= 0.3 is 0 Å². The molecule has 0 amide bonds. The van der Waals surface area contributed by atoms with E-state index in [2.05, 4.69) is 158 Å². The van der Waals surface area contributed by atoms with Crippen molar-refractivity contribution in [2.75, 3.05) is 0 Å². The average Bonchev–Trinajstić information content (AvgIpc) is 3.73. The molecule has 0 aliphatic rings. The minimum atomic E-state index is 0.913. The van der Waals surface area contributed by atoms with Crippen molar-refractivity contribution in [3.05, 3.63) is 158 Å². The van der Waals surface area contributed by atoms with Crippen molar-refractivity contribution in [1.82, 2.24) is 0 Å². The van der Waals surface area contributed by atoms with E-state index >= 15 is 0 Å². The molecule has 0 aliphatic carbocycles. The molecule has 0 fully saturated rings. The highest BCUT2D eigenvalue weighted by Crippen LogP contribution is 2.49. The molecule has 0 aliphatic heterocycles. The molecule has 2 heteroatoms. The predicted molar refractivity (Wildman–Crippen MR) is 208 cm³/mol. The fourth-order valence-corrected chi connectivity index (χ4v) is 9.46. The number of hydrogen-bond acceptors (Lipinski definition) is 2. The number of hydrogen-bond donors (Lipinski definition) is 0. The first kappa shape index (κ1) is 26.1. The van der Waals surface area contributed by atoms with E-state index in [0.29, 0.717) is 0 Å². The smallest absolute Gasteiger partial charge is 0.143 e. The Morgan fingerprint density at radius 1 is 0.375 bits per heavy atom. The molecule has 11 rings (SSSR count). The van der Waals surface area contributed by atoms with Crippen molar-refractivity contribution in [1.29, 1.82) is 0 Å². The molecular weight excluding hydrogens is 601 g/mol. The molecule has 0 spiro atoms. The molecule has 0 unspecified atom stereocenters. The van der Waals surface area contributed by atoms with Gasteiger partial charge in [0.1, 0.15) is 11.2 Å². The maximum absolute atomic E-state index is 6.83. The minimum Gasteiger partial charge on any atom is -0.455 e. The van der Waals surface area contributed by atoms with E-state index in [4.69, 9.17) is 4.42 Å². The van der Waals surface area contributed by atoms with Crippen LogP contribution in [-0.2, 0) is 0 Å². The van der Waals surface area contributed by atoms with Crippen LogP contribution in [0, 0.1) is 0 Å². The molecule has 48 heavy (non-hydrogen) atoms. The van der Waals surface area contributed by atoms with Crippen LogP contribution in [0.25, 0.3) is 107 Å². The largest absolute Gasteiger partial charge is 0.455 e. The first-order chi connectivity index (χ1) is 23.8. The summed E-state index contributed by atoms with van der Waals surface area (Å²) in [7, 11) is 0. The van der Waals surface area contributed by atoms with E-state index in [9.17, 15) is 0 Å². The van der Waals surface area contributed by atoms with E-state index in [0.717, 1.165) is 27.5 Å². The first-order valence-corrected chi connectivity index (χ1v) is 17.3. The first-order valence-electron chi connectivity index (χ1n) is 16.4. The van der Waals surface area contributed by atoms with Gasteiger partial charge in [-0.1, -0.05) is 140 Å². The molecule has 0 N–H and O–H groups in total. The Kier molecular flexibility index (Phi) is 5.32. The zero-order chi connectivity index (χ0) is 31.3. The molecule has 2 aromatic heterocycles. The summed E-state index contributed by atoms with van der Waals surface area (Å²) in [6.45, 7) is 0. The maximum atomic E-state index is 6.83. The lowest BCUT2D eigenvalue weighted by Gasteiger charge is -2.18. The lowest BCUT2D eigenvalue weighted by Crippen LogP contribution is -1.91. The van der Waals surface area contributed by atoms with Crippen molar-refractivity contribution in [2.24, 2.45) is 0 Å². The number of furan rings is 1. The molecule has 0 saturated heterocycles. The standard InChI is InChI=1S/C46H26OS/c1-3-15-31-28(12-1)29-13-2-8-20-36(29)45-44(31)38-25-24-27(26-40(38)47-45)42-32-16-4-6-18-34(32)43(35-19-7-5-17-33(35)42)39-22-11-21-37-30-14-9-10-23-41(30)48-46(37)39/h1-26H. The highest BCUT2D eigenvalue weighted by atomic mass is 32.1. The number of thiophene rings is 1. The Hall–Kier alpha value is -5.96. The lowest BCUT2D eigenvalue weighted by molar-refractivity contribution is 0.673. The molecule has 1 nitrogen and oxygen atoms in total. The van der Waals surface area contributed by atoms with Gasteiger partial charge in [0.15, 0.2) is 0 Å². The van der Waals surface area contributed by atoms with Crippen LogP contribution in [0.15, 0.2) is 162 Å². The summed E-state index contributed by atoms with van der Waals surface area (Å²) in [4.78, 5) is 0. The average molecular weight is 627 g/mol. The highest BCUT2D eigenvalue weighted by molar-refractivity contribution is 7.26. The monoisotopic (exact) mass is 626 g/mol. The molecule has 11 aromatic rings. The zero-order valence-electron chi connectivity index (χ0n) is 25.8. The number of benzene rings is 9. The van der Waals surface area contributed by atoms with E-state index in [1.807, 2.05) is 11.3 Å². The fourth-order valence-electron chi connectivity index (χ4n) is 8.23. The number of rotatable bonds is 2. The Balaban J connectivity index is 1.23. The van der Waals surface area contributed by atoms with Gasteiger partial charge in [-0.3, -0.25) is 0 Å². The van der Waals surface area contributed by atoms with Crippen molar-refractivity contribution in [3.63, 3.8) is 0 Å². The van der Waals surface area contributed by atoms with E-state index < -0.39 is 0 Å². The summed E-state index contributed by atoms with van der Waals surface area (Å²) in [5.74, 6) is 0. The Labute approximate surface area is 279 Å². The molecule has 222 valence electrons. The third kappa shape index (κ3) is 3.50. The topological polar surface area (TPSA) is 13.1 Å². The predicted octanol–water partition coefficient (Wildman–Crippen LogP) is 13.9. The van der Waals surface area contributed by atoms with Crippen LogP contribution in [0.3, 0.4) is 0 Å². The van der Waals surface area contributed by atoms with Gasteiger partial charge in [0, 0.05) is 41.9 Å². The summed E-state index contributed by atoms with van der Waals surface area (Å²) >= 11 is 1.89. The van der Waals surface area contributed by atoms with E-state index in [1.54, 1.807) is 0 Å². The normalized spacial score (nSPS) is 12.2. The van der Waals surface area contributed by atoms with Gasteiger partial charge in [0.05, 0.1) is 0 Å². The van der Waals surface area contributed by atoms with Gasteiger partial charge in [0.25, 0.3) is 0 Å². The van der Waals surface area contributed by atoms with Crippen LogP contribution >= 0.6 is 11.3 Å². The summed E-state index contributed by atoms with van der Waals surface area (Å²) in [6.07, 6.45) is 0. The SMILES string of the molecule is c1ccc2c(c1)sc1c(-c3c4ccccc4c(-c4ccc5c(c4)oc4c6ccccc6c6ccccc6c54)c4ccccc34)cccc12. The second-order valence-corrected chi connectivity index (χ2v) is 13.8. The van der Waals surface area contributed by atoms with Gasteiger partial charge < -0.3 is 4.42 Å². The van der Waals surface area contributed by atoms with Gasteiger partial charge in [-0.2, -0.15) is 0 Å². The number of fused-ring (bicyclic) bond motifs is 13. The fraction of sp³-hybridized carbons (Fsp3) is 0. The van der Waals surface area contributed by atoms with Crippen molar-refractivity contribution in [2.45, 2.75) is 0 Å². The second-order valence-electron chi connectivity index (χ2n) is 12.7. The molecule has 2 heterocycles. The van der Waals surface area contributed by atoms with Gasteiger partial charge in [0.2, 0.25) is 0 Å². The second kappa shape index (κ2) is 9.78. The molecule has 0 radical (unpaired) electrons. The van der Waals surface area contributed by atoms with Crippen LogP contribution in [0.4, 0.5) is 0 Å². The Morgan fingerprint density at radius 3 is 1.62 bits per heavy atom. The summed E-state index contributed by atoms with van der Waals surface area (Å²) in [5.41, 5.74) is 6.86. The maximum Gasteiger partial charge on any atom is 0.143 e. The van der Waals surface area contributed by atoms with Gasteiger partial charge in [-0.05, 0) is 72.6 Å². The van der Waals surface area contributed by atoms with Gasteiger partial charge in [-0.15, -0.1) is 11.3 Å². The van der Waals surface area contributed by atoms with Crippen LogP contribution in [0.5, 0.6) is 0 Å². The zero-order valence-corrected chi connectivity index (χ0v) is 26.6. The summed E-state index contributed by atoms with van der Waals surface area (Å²) in [5, 5.41) is 14.9. The molecule has 9 aromatic carbocycles. The third-order valence-electron chi connectivity index (χ3n) is 10.2. The summed E-state index contributed by atoms with van der Waals surface area (Å²) in [6, 6.07) is 57.6. The van der Waals surface area contributed by atoms with Crippen LogP contribution in [0.1, 0.15) is 0 Å². The Morgan fingerprint density at radius 2 is 0.917 bits per heavy atom. The van der Waals surface area contributed by atoms with Crippen LogP contribution in [0.2, 0.25) is 0 Å². The molecule has 0 atom stereocenters. The third-order valence-corrected chi connectivity index (χ3v) is 11.5. The van der Waals surface area contributed by atoms with Crippen molar-refractivity contribution in [3.8, 4) is 22.3 Å². The molecule has 0 saturated carbocycles. The van der Waals surface area contributed by atoms with Crippen LogP contribution < -0.4 is 0 Å². The van der Waals surface area contributed by atoms with E-state index in [1.165, 1.54) is 80.0 Å². The van der Waals surface area contributed by atoms with Crippen molar-refractivity contribution >= 4 is 96.5 Å². The minimum absolute atomic E-state index is 0.913. The van der Waals surface area contributed by atoms with Crippen LogP contribution in [-0.4, -0.2) is 0 Å².